The molecule has 0 saturated heterocycles. The third-order valence-corrected chi connectivity index (χ3v) is 3.78. The third kappa shape index (κ3) is 5.66. The zero-order valence-corrected chi connectivity index (χ0v) is 13.4. The van der Waals surface area contributed by atoms with Crippen LogP contribution in [0.2, 0.25) is 0 Å². The van der Waals surface area contributed by atoms with Gasteiger partial charge in [0, 0.05) is 6.04 Å². The lowest BCUT2D eigenvalue weighted by atomic mass is 9.63. The van der Waals surface area contributed by atoms with Crippen LogP contribution in [0.5, 0.6) is 0 Å². The van der Waals surface area contributed by atoms with Crippen LogP contribution in [0.15, 0.2) is 0 Å². The van der Waals surface area contributed by atoms with Crippen molar-refractivity contribution in [1.82, 2.24) is 10.2 Å². The Labute approximate surface area is 127 Å². The topological polar surface area (TPSA) is 69.6 Å². The van der Waals surface area contributed by atoms with Crippen molar-refractivity contribution in [2.45, 2.75) is 53.0 Å². The van der Waals surface area contributed by atoms with Gasteiger partial charge in [0.05, 0.1) is 6.54 Å². The van der Waals surface area contributed by atoms with Gasteiger partial charge in [-0.15, -0.1) is 6.42 Å². The number of carboxylic acid groups (broad SMARTS) is 1. The third-order valence-electron chi connectivity index (χ3n) is 3.78. The molecule has 0 aromatic heterocycles. The average molecular weight is 294 g/mol. The number of carbonyl (C=O) groups is 2. The second kappa shape index (κ2) is 6.38. The quantitative estimate of drug-likeness (QED) is 0.782. The number of carbonyl (C=O) groups excluding carboxylic acids is 1. The molecule has 0 aromatic carbocycles. The number of nitrogens with zero attached hydrogens (tertiary/aromatic N) is 1. The van der Waals surface area contributed by atoms with Crippen LogP contribution in [0.3, 0.4) is 0 Å². The first kappa shape index (κ1) is 17.4. The lowest BCUT2D eigenvalue weighted by Gasteiger charge is -2.45. The normalized spacial score (nSPS) is 20.3. The van der Waals surface area contributed by atoms with Crippen LogP contribution in [0.25, 0.3) is 0 Å². The molecule has 0 bridgehead atoms. The minimum atomic E-state index is -1.07. The van der Waals surface area contributed by atoms with Gasteiger partial charge in [-0.05, 0) is 30.1 Å². The molecule has 5 nitrogen and oxygen atoms in total. The molecule has 118 valence electrons. The maximum Gasteiger partial charge on any atom is 0.323 e. The van der Waals surface area contributed by atoms with E-state index in [1.807, 2.05) is 0 Å². The molecule has 0 aliphatic heterocycles. The fourth-order valence-electron chi connectivity index (χ4n) is 3.69. The van der Waals surface area contributed by atoms with E-state index in [0.717, 1.165) is 24.2 Å². The second-order valence-corrected chi connectivity index (χ2v) is 7.51. The smallest absolute Gasteiger partial charge is 0.323 e. The van der Waals surface area contributed by atoms with Gasteiger partial charge in [0.15, 0.2) is 0 Å². The predicted molar refractivity (Wildman–Crippen MR) is 81.8 cm³/mol. The first-order valence-corrected chi connectivity index (χ1v) is 7.25. The molecule has 2 amide bonds. The standard InChI is InChI=1S/C16H26N2O3/c1-6-7-18(10-13(19)20)14(21)17-12-8-15(2,3)11-16(4,5)9-12/h1,12H,7-11H2,2-5H3,(H,17,21)(H,19,20). The molecule has 0 spiro atoms. The van der Waals surface area contributed by atoms with Gasteiger partial charge in [0.1, 0.15) is 6.54 Å². The minimum absolute atomic E-state index is 0.00234. The summed E-state index contributed by atoms with van der Waals surface area (Å²) in [5, 5.41) is 11.8. The highest BCUT2D eigenvalue weighted by Gasteiger charge is 2.39. The lowest BCUT2D eigenvalue weighted by molar-refractivity contribution is -0.137. The summed E-state index contributed by atoms with van der Waals surface area (Å²) >= 11 is 0. The number of amides is 2. The molecule has 1 aliphatic rings. The van der Waals surface area contributed by atoms with Crippen LogP contribution >= 0.6 is 0 Å². The first-order chi connectivity index (χ1) is 9.54. The van der Waals surface area contributed by atoms with Crippen LogP contribution in [0, 0.1) is 23.2 Å². The Morgan fingerprint density at radius 1 is 1.29 bits per heavy atom. The summed E-state index contributed by atoms with van der Waals surface area (Å²) in [5.41, 5.74) is 0.312. The Morgan fingerprint density at radius 2 is 1.81 bits per heavy atom. The minimum Gasteiger partial charge on any atom is -0.480 e. The van der Waals surface area contributed by atoms with Crippen molar-refractivity contribution in [2.24, 2.45) is 10.8 Å². The molecule has 1 saturated carbocycles. The van der Waals surface area contributed by atoms with E-state index in [1.165, 1.54) is 0 Å². The van der Waals surface area contributed by atoms with E-state index >= 15 is 0 Å². The van der Waals surface area contributed by atoms with Gasteiger partial charge < -0.3 is 15.3 Å². The van der Waals surface area contributed by atoms with E-state index in [-0.39, 0.29) is 30.0 Å². The van der Waals surface area contributed by atoms with E-state index in [4.69, 9.17) is 11.5 Å². The van der Waals surface area contributed by atoms with E-state index in [1.54, 1.807) is 0 Å². The molecule has 1 rings (SSSR count). The van der Waals surface area contributed by atoms with E-state index in [0.29, 0.717) is 0 Å². The van der Waals surface area contributed by atoms with E-state index in [2.05, 4.69) is 38.9 Å². The molecule has 0 unspecified atom stereocenters. The van der Waals surface area contributed by atoms with Crippen molar-refractivity contribution in [3.63, 3.8) is 0 Å². The predicted octanol–water partition coefficient (Wildman–Crippen LogP) is 2.32. The Kier molecular flexibility index (Phi) is 5.27. The highest BCUT2D eigenvalue weighted by molar-refractivity contribution is 5.80. The lowest BCUT2D eigenvalue weighted by Crippen LogP contribution is -2.51. The maximum atomic E-state index is 12.2. The SMILES string of the molecule is C#CCN(CC(=O)O)C(=O)NC1CC(C)(C)CC(C)(C)C1. The average Bonchev–Trinajstić information content (AvgIpc) is 2.22. The van der Waals surface area contributed by atoms with Crippen molar-refractivity contribution in [3.05, 3.63) is 0 Å². The number of urea groups is 1. The summed E-state index contributed by atoms with van der Waals surface area (Å²) in [6.45, 7) is 8.41. The molecule has 2 N–H and O–H groups in total. The van der Waals surface area contributed by atoms with Crippen molar-refractivity contribution in [2.75, 3.05) is 13.1 Å². The second-order valence-electron chi connectivity index (χ2n) is 7.51. The Morgan fingerprint density at radius 3 is 2.24 bits per heavy atom. The molecule has 0 heterocycles. The summed E-state index contributed by atoms with van der Waals surface area (Å²) in [4.78, 5) is 24.2. The van der Waals surface area contributed by atoms with Gasteiger partial charge in [-0.3, -0.25) is 4.79 Å². The molecule has 5 heteroatoms. The number of rotatable bonds is 4. The molecular formula is C16H26N2O3. The van der Waals surface area contributed by atoms with Gasteiger partial charge in [0.2, 0.25) is 0 Å². The summed E-state index contributed by atoms with van der Waals surface area (Å²) in [7, 11) is 0. The highest BCUT2D eigenvalue weighted by atomic mass is 16.4. The number of nitrogens with one attached hydrogen (secondary N) is 1. The van der Waals surface area contributed by atoms with Gasteiger partial charge in [0.25, 0.3) is 0 Å². The van der Waals surface area contributed by atoms with Crippen molar-refractivity contribution < 1.29 is 14.7 Å². The number of carboxylic acids is 1. The van der Waals surface area contributed by atoms with Gasteiger partial charge in [-0.2, -0.15) is 0 Å². The largest absolute Gasteiger partial charge is 0.480 e. The molecule has 1 fully saturated rings. The van der Waals surface area contributed by atoms with Crippen molar-refractivity contribution >= 4 is 12.0 Å². The summed E-state index contributed by atoms with van der Waals surface area (Å²) < 4.78 is 0. The van der Waals surface area contributed by atoms with E-state index in [9.17, 15) is 9.59 Å². The Balaban J connectivity index is 2.72. The van der Waals surface area contributed by atoms with Crippen LogP contribution in [0.1, 0.15) is 47.0 Å². The van der Waals surface area contributed by atoms with Crippen molar-refractivity contribution in [3.8, 4) is 12.3 Å². The maximum absolute atomic E-state index is 12.2. The highest BCUT2D eigenvalue weighted by Crippen LogP contribution is 2.45. The fourth-order valence-corrected chi connectivity index (χ4v) is 3.69. The number of hydrogen-bond donors (Lipinski definition) is 2. The molecule has 0 radical (unpaired) electrons. The number of aliphatic carboxylic acids is 1. The fraction of sp³-hybridized carbons (Fsp3) is 0.750. The number of hydrogen-bond acceptors (Lipinski definition) is 2. The van der Waals surface area contributed by atoms with Crippen LogP contribution in [0.4, 0.5) is 4.79 Å². The summed E-state index contributed by atoms with van der Waals surface area (Å²) in [6, 6.07) is -0.348. The van der Waals surface area contributed by atoms with Gasteiger partial charge in [-0.1, -0.05) is 33.6 Å². The van der Waals surface area contributed by atoms with Crippen molar-refractivity contribution in [1.29, 1.82) is 0 Å². The summed E-state index contributed by atoms with van der Waals surface area (Å²) in [5.74, 6) is 1.26. The van der Waals surface area contributed by atoms with Gasteiger partial charge >= 0.3 is 12.0 Å². The summed E-state index contributed by atoms with van der Waals surface area (Å²) in [6.07, 6.45) is 8.08. The first-order valence-electron chi connectivity index (χ1n) is 7.25. The van der Waals surface area contributed by atoms with Gasteiger partial charge in [-0.25, -0.2) is 4.79 Å². The Bertz CT molecular complexity index is 433. The van der Waals surface area contributed by atoms with Crippen LogP contribution < -0.4 is 5.32 Å². The monoisotopic (exact) mass is 294 g/mol. The zero-order valence-electron chi connectivity index (χ0n) is 13.4. The van der Waals surface area contributed by atoms with Crippen LogP contribution in [-0.4, -0.2) is 41.1 Å². The molecule has 21 heavy (non-hydrogen) atoms. The molecular weight excluding hydrogens is 268 g/mol. The molecule has 0 atom stereocenters. The molecule has 0 aromatic rings. The zero-order chi connectivity index (χ0) is 16.3. The van der Waals surface area contributed by atoms with Crippen LogP contribution in [-0.2, 0) is 4.79 Å². The van der Waals surface area contributed by atoms with E-state index < -0.39 is 12.0 Å². The number of terminal acetylenes is 1. The molecule has 1 aliphatic carbocycles. The Hall–Kier alpha value is -1.70.